The van der Waals surface area contributed by atoms with Crippen molar-refractivity contribution in [2.45, 2.75) is 13.0 Å². The maximum atomic E-state index is 3.40. The van der Waals surface area contributed by atoms with Gasteiger partial charge in [0.1, 0.15) is 0 Å². The van der Waals surface area contributed by atoms with Gasteiger partial charge in [-0.15, -0.1) is 0 Å². The molecular weight excluding hydrogens is 150 g/mol. The highest BCUT2D eigenvalue weighted by molar-refractivity contribution is 4.76. The summed E-state index contributed by atoms with van der Waals surface area (Å²) >= 11 is 0. The quantitative estimate of drug-likeness (QED) is 0.637. The van der Waals surface area contributed by atoms with Gasteiger partial charge in [-0.05, 0) is 21.0 Å². The first-order valence-electron chi connectivity index (χ1n) is 4.79. The van der Waals surface area contributed by atoms with Crippen molar-refractivity contribution < 1.29 is 0 Å². The summed E-state index contributed by atoms with van der Waals surface area (Å²) in [6, 6.07) is 0.707. The first kappa shape index (κ1) is 9.96. The summed E-state index contributed by atoms with van der Waals surface area (Å²) in [6.07, 6.45) is 0. The molecule has 0 bridgehead atoms. The van der Waals surface area contributed by atoms with Crippen LogP contribution in [0.3, 0.4) is 0 Å². The van der Waals surface area contributed by atoms with Gasteiger partial charge >= 0.3 is 0 Å². The van der Waals surface area contributed by atoms with E-state index < -0.39 is 0 Å². The van der Waals surface area contributed by atoms with Crippen molar-refractivity contribution in [1.29, 1.82) is 0 Å². The van der Waals surface area contributed by atoms with Crippen molar-refractivity contribution in [1.82, 2.24) is 15.1 Å². The zero-order chi connectivity index (χ0) is 8.97. The van der Waals surface area contributed by atoms with Crippen molar-refractivity contribution in [2.75, 3.05) is 46.8 Å². The molecule has 1 aliphatic heterocycles. The Labute approximate surface area is 75.7 Å². The standard InChI is InChI=1S/C9H21N3/c1-9-8-10-4-5-12(9)7-6-11(2)3/h9-10H,4-8H2,1-3H3/t9-/m0/s1. The van der Waals surface area contributed by atoms with Crippen molar-refractivity contribution in [3.05, 3.63) is 0 Å². The molecule has 1 aliphatic rings. The van der Waals surface area contributed by atoms with Gasteiger partial charge in [-0.3, -0.25) is 4.90 Å². The molecule has 1 saturated heterocycles. The van der Waals surface area contributed by atoms with Crippen LogP contribution in [-0.4, -0.2) is 62.7 Å². The van der Waals surface area contributed by atoms with E-state index in [2.05, 4.69) is 36.1 Å². The second kappa shape index (κ2) is 4.80. The maximum Gasteiger partial charge on any atom is 0.0193 e. The highest BCUT2D eigenvalue weighted by Crippen LogP contribution is 2.01. The van der Waals surface area contributed by atoms with E-state index in [9.17, 15) is 0 Å². The van der Waals surface area contributed by atoms with Crippen molar-refractivity contribution in [3.8, 4) is 0 Å². The first-order valence-corrected chi connectivity index (χ1v) is 4.79. The summed E-state index contributed by atoms with van der Waals surface area (Å²) in [7, 11) is 4.26. The molecule has 3 nitrogen and oxygen atoms in total. The summed E-state index contributed by atoms with van der Waals surface area (Å²) in [5.74, 6) is 0. The van der Waals surface area contributed by atoms with Gasteiger partial charge in [-0.25, -0.2) is 0 Å². The Kier molecular flexibility index (Phi) is 3.98. The molecule has 1 fully saturated rings. The lowest BCUT2D eigenvalue weighted by Gasteiger charge is -2.34. The second-order valence-electron chi connectivity index (χ2n) is 3.89. The molecule has 1 atom stereocenters. The van der Waals surface area contributed by atoms with Crippen LogP contribution in [0.5, 0.6) is 0 Å². The molecule has 3 heteroatoms. The van der Waals surface area contributed by atoms with Gasteiger partial charge in [0.2, 0.25) is 0 Å². The molecule has 0 aromatic heterocycles. The van der Waals surface area contributed by atoms with E-state index in [0.29, 0.717) is 6.04 Å². The number of likely N-dealkylation sites (N-methyl/N-ethyl adjacent to an activating group) is 1. The first-order chi connectivity index (χ1) is 5.70. The molecule has 0 saturated carbocycles. The monoisotopic (exact) mass is 171 g/mol. The summed E-state index contributed by atoms with van der Waals surface area (Å²) in [5.41, 5.74) is 0. The number of piperazine rings is 1. The lowest BCUT2D eigenvalue weighted by atomic mass is 10.2. The molecule has 0 radical (unpaired) electrons. The normalized spacial score (nSPS) is 26.5. The molecule has 72 valence electrons. The van der Waals surface area contributed by atoms with Crippen LogP contribution in [0.2, 0.25) is 0 Å². The van der Waals surface area contributed by atoms with Crippen LogP contribution in [0.25, 0.3) is 0 Å². The van der Waals surface area contributed by atoms with Gasteiger partial charge < -0.3 is 10.2 Å². The Hall–Kier alpha value is -0.120. The van der Waals surface area contributed by atoms with Crippen LogP contribution in [-0.2, 0) is 0 Å². The van der Waals surface area contributed by atoms with Gasteiger partial charge in [0.25, 0.3) is 0 Å². The average Bonchev–Trinajstić information content (AvgIpc) is 2.03. The van der Waals surface area contributed by atoms with E-state index in [1.807, 2.05) is 0 Å². The predicted molar refractivity (Wildman–Crippen MR) is 52.5 cm³/mol. The van der Waals surface area contributed by atoms with E-state index in [1.54, 1.807) is 0 Å². The molecule has 0 aliphatic carbocycles. The molecule has 0 amide bonds. The van der Waals surface area contributed by atoms with Crippen LogP contribution >= 0.6 is 0 Å². The molecule has 12 heavy (non-hydrogen) atoms. The van der Waals surface area contributed by atoms with E-state index in [-0.39, 0.29) is 0 Å². The molecule has 0 aromatic carbocycles. The van der Waals surface area contributed by atoms with Crippen LogP contribution in [0.4, 0.5) is 0 Å². The summed E-state index contributed by atoms with van der Waals surface area (Å²) < 4.78 is 0. The molecule has 0 aromatic rings. The summed E-state index contributed by atoms with van der Waals surface area (Å²) in [5, 5.41) is 3.40. The number of nitrogens with zero attached hydrogens (tertiary/aromatic N) is 2. The minimum atomic E-state index is 0.707. The molecule has 0 unspecified atom stereocenters. The minimum Gasteiger partial charge on any atom is -0.314 e. The smallest absolute Gasteiger partial charge is 0.0193 e. The van der Waals surface area contributed by atoms with Gasteiger partial charge in [0.05, 0.1) is 0 Å². The van der Waals surface area contributed by atoms with Crippen LogP contribution < -0.4 is 5.32 Å². The molecule has 1 N–H and O–H groups in total. The topological polar surface area (TPSA) is 18.5 Å². The maximum absolute atomic E-state index is 3.40. The van der Waals surface area contributed by atoms with Crippen molar-refractivity contribution in [2.24, 2.45) is 0 Å². The predicted octanol–water partition coefficient (Wildman–Crippen LogP) is -0.158. The van der Waals surface area contributed by atoms with Crippen LogP contribution in [0.1, 0.15) is 6.92 Å². The van der Waals surface area contributed by atoms with Crippen molar-refractivity contribution in [3.63, 3.8) is 0 Å². The lowest BCUT2D eigenvalue weighted by molar-refractivity contribution is 0.159. The van der Waals surface area contributed by atoms with Gasteiger partial charge in [-0.1, -0.05) is 0 Å². The zero-order valence-corrected chi connectivity index (χ0v) is 8.51. The Balaban J connectivity index is 2.20. The summed E-state index contributed by atoms with van der Waals surface area (Å²) in [4.78, 5) is 4.80. The lowest BCUT2D eigenvalue weighted by Crippen LogP contribution is -2.51. The van der Waals surface area contributed by atoms with Crippen LogP contribution in [0.15, 0.2) is 0 Å². The Morgan fingerprint density at radius 2 is 2.25 bits per heavy atom. The Morgan fingerprint density at radius 1 is 1.50 bits per heavy atom. The minimum absolute atomic E-state index is 0.707. The highest BCUT2D eigenvalue weighted by atomic mass is 15.2. The number of hydrogen-bond acceptors (Lipinski definition) is 3. The third kappa shape index (κ3) is 3.09. The number of rotatable bonds is 3. The fourth-order valence-electron chi connectivity index (χ4n) is 1.54. The zero-order valence-electron chi connectivity index (χ0n) is 8.51. The average molecular weight is 171 g/mol. The van der Waals surface area contributed by atoms with E-state index in [0.717, 1.165) is 13.1 Å². The highest BCUT2D eigenvalue weighted by Gasteiger charge is 2.16. The van der Waals surface area contributed by atoms with Gasteiger partial charge in [0, 0.05) is 38.8 Å². The van der Waals surface area contributed by atoms with Gasteiger partial charge in [0.15, 0.2) is 0 Å². The third-order valence-electron chi connectivity index (χ3n) is 2.47. The molecule has 0 spiro atoms. The fourth-order valence-corrected chi connectivity index (χ4v) is 1.54. The molecule has 1 rings (SSSR count). The number of hydrogen-bond donors (Lipinski definition) is 1. The molecular formula is C9H21N3. The van der Waals surface area contributed by atoms with E-state index in [4.69, 9.17) is 0 Å². The van der Waals surface area contributed by atoms with Crippen molar-refractivity contribution >= 4 is 0 Å². The Morgan fingerprint density at radius 3 is 2.83 bits per heavy atom. The summed E-state index contributed by atoms with van der Waals surface area (Å²) in [6.45, 7) is 8.17. The second-order valence-corrected chi connectivity index (χ2v) is 3.89. The largest absolute Gasteiger partial charge is 0.314 e. The Bertz CT molecular complexity index is 125. The third-order valence-corrected chi connectivity index (χ3v) is 2.47. The fraction of sp³-hybridized carbons (Fsp3) is 1.00. The van der Waals surface area contributed by atoms with Crippen LogP contribution in [0, 0.1) is 0 Å². The van der Waals surface area contributed by atoms with E-state index >= 15 is 0 Å². The van der Waals surface area contributed by atoms with E-state index in [1.165, 1.54) is 19.6 Å². The molecule has 1 heterocycles. The van der Waals surface area contributed by atoms with Gasteiger partial charge in [-0.2, -0.15) is 0 Å². The SMILES string of the molecule is C[C@H]1CNCCN1CCN(C)C. The number of nitrogens with one attached hydrogen (secondary N) is 1.